The number of nitrogen functional groups attached to an aromatic ring is 1. The highest BCUT2D eigenvalue weighted by atomic mass is 35.5. The predicted molar refractivity (Wildman–Crippen MR) is 60.8 cm³/mol. The average Bonchev–Trinajstić information content (AvgIpc) is 2.30. The van der Waals surface area contributed by atoms with Crippen LogP contribution in [0.25, 0.3) is 0 Å². The maximum absolute atomic E-state index is 12.5. The van der Waals surface area contributed by atoms with Gasteiger partial charge in [-0.05, 0) is 12.1 Å². The van der Waals surface area contributed by atoms with Crippen LogP contribution in [-0.4, -0.2) is 15.0 Å². The third-order valence-electron chi connectivity index (χ3n) is 1.92. The van der Waals surface area contributed by atoms with Gasteiger partial charge in [0.05, 0.1) is 5.02 Å². The van der Waals surface area contributed by atoms with E-state index in [-0.39, 0.29) is 10.8 Å². The Labute approximate surface area is 110 Å². The first-order valence-corrected chi connectivity index (χ1v) is 5.25. The van der Waals surface area contributed by atoms with E-state index in [9.17, 15) is 13.2 Å². The minimum Gasteiger partial charge on any atom is -0.423 e. The van der Waals surface area contributed by atoms with Crippen molar-refractivity contribution in [2.45, 2.75) is 6.18 Å². The molecule has 0 amide bonds. The first-order valence-electron chi connectivity index (χ1n) is 4.87. The van der Waals surface area contributed by atoms with Crippen LogP contribution in [0.5, 0.6) is 11.8 Å². The normalized spacial score (nSPS) is 11.4. The molecule has 0 bridgehead atoms. The minimum absolute atomic E-state index is 0.114. The lowest BCUT2D eigenvalue weighted by Gasteiger charge is -2.08. The number of hydrogen-bond acceptors (Lipinski definition) is 5. The van der Waals surface area contributed by atoms with Gasteiger partial charge in [-0.25, -0.2) is 0 Å². The lowest BCUT2D eigenvalue weighted by atomic mass is 10.3. The van der Waals surface area contributed by atoms with E-state index in [1.165, 1.54) is 12.1 Å². The monoisotopic (exact) mass is 290 g/mol. The number of hydrogen-bond donors (Lipinski definition) is 1. The van der Waals surface area contributed by atoms with E-state index >= 15 is 0 Å². The number of halogens is 4. The molecule has 0 saturated carbocycles. The standard InChI is InChI=1S/C10H6ClF3N4O/c11-5-3-1-2-4-6(5)19-9-17-7(10(12,13)14)16-8(15)18-9/h1-4H,(H2,15,16,17,18). The second-order valence-corrected chi connectivity index (χ2v) is 3.74. The zero-order valence-corrected chi connectivity index (χ0v) is 9.90. The Morgan fingerprint density at radius 2 is 1.79 bits per heavy atom. The fourth-order valence-electron chi connectivity index (χ4n) is 1.17. The number of para-hydroxylation sites is 1. The molecule has 0 aliphatic heterocycles. The molecule has 2 aromatic rings. The Balaban J connectivity index is 2.36. The van der Waals surface area contributed by atoms with Gasteiger partial charge < -0.3 is 10.5 Å². The maximum Gasteiger partial charge on any atom is 0.451 e. The Kier molecular flexibility index (Phi) is 3.43. The highest BCUT2D eigenvalue weighted by Gasteiger charge is 2.36. The third kappa shape index (κ3) is 3.22. The SMILES string of the molecule is Nc1nc(Oc2ccccc2Cl)nc(C(F)(F)F)n1. The van der Waals surface area contributed by atoms with Crippen LogP contribution in [0.2, 0.25) is 5.02 Å². The van der Waals surface area contributed by atoms with Crippen LogP contribution in [-0.2, 0) is 6.18 Å². The molecular weight excluding hydrogens is 285 g/mol. The first kappa shape index (κ1) is 13.3. The smallest absolute Gasteiger partial charge is 0.423 e. The lowest BCUT2D eigenvalue weighted by molar-refractivity contribution is -0.145. The topological polar surface area (TPSA) is 73.9 Å². The fourth-order valence-corrected chi connectivity index (χ4v) is 1.34. The molecule has 0 saturated heterocycles. The molecule has 100 valence electrons. The first-order chi connectivity index (χ1) is 8.86. The molecule has 0 spiro atoms. The van der Waals surface area contributed by atoms with Crippen molar-refractivity contribution in [2.75, 3.05) is 5.73 Å². The van der Waals surface area contributed by atoms with Crippen LogP contribution in [0.15, 0.2) is 24.3 Å². The van der Waals surface area contributed by atoms with Crippen molar-refractivity contribution < 1.29 is 17.9 Å². The van der Waals surface area contributed by atoms with E-state index in [0.29, 0.717) is 0 Å². The van der Waals surface area contributed by atoms with Crippen molar-refractivity contribution in [2.24, 2.45) is 0 Å². The molecule has 2 rings (SSSR count). The summed E-state index contributed by atoms with van der Waals surface area (Å²) in [5.41, 5.74) is 5.17. The summed E-state index contributed by atoms with van der Waals surface area (Å²) in [4.78, 5) is 9.58. The Hall–Kier alpha value is -2.09. The van der Waals surface area contributed by atoms with Crippen LogP contribution < -0.4 is 10.5 Å². The highest BCUT2D eigenvalue weighted by molar-refractivity contribution is 6.32. The lowest BCUT2D eigenvalue weighted by Crippen LogP contribution is -2.14. The summed E-state index contributed by atoms with van der Waals surface area (Å²) in [6, 6.07) is 5.61. The number of benzene rings is 1. The summed E-state index contributed by atoms with van der Waals surface area (Å²) in [6.45, 7) is 0. The van der Waals surface area contributed by atoms with Crippen molar-refractivity contribution in [3.8, 4) is 11.8 Å². The molecule has 2 N–H and O–H groups in total. The van der Waals surface area contributed by atoms with Gasteiger partial charge in [0.1, 0.15) is 5.75 Å². The molecule has 5 nitrogen and oxygen atoms in total. The number of alkyl halides is 3. The van der Waals surface area contributed by atoms with Gasteiger partial charge in [0.2, 0.25) is 11.8 Å². The van der Waals surface area contributed by atoms with Crippen LogP contribution in [0, 0.1) is 0 Å². The summed E-state index contributed by atoms with van der Waals surface area (Å²) in [5, 5.41) is 0.204. The molecule has 0 aliphatic rings. The van der Waals surface area contributed by atoms with E-state index in [1.807, 2.05) is 0 Å². The second-order valence-electron chi connectivity index (χ2n) is 3.33. The molecule has 0 atom stereocenters. The van der Waals surface area contributed by atoms with Gasteiger partial charge in [0.15, 0.2) is 0 Å². The molecule has 0 aliphatic carbocycles. The van der Waals surface area contributed by atoms with Gasteiger partial charge in [-0.3, -0.25) is 0 Å². The summed E-state index contributed by atoms with van der Waals surface area (Å²) >= 11 is 5.79. The fraction of sp³-hybridized carbons (Fsp3) is 0.100. The zero-order chi connectivity index (χ0) is 14.0. The van der Waals surface area contributed by atoms with E-state index < -0.39 is 24.0 Å². The summed E-state index contributed by atoms with van der Waals surface area (Å²) in [5.74, 6) is -1.91. The third-order valence-corrected chi connectivity index (χ3v) is 2.24. The highest BCUT2D eigenvalue weighted by Crippen LogP contribution is 2.30. The summed E-state index contributed by atoms with van der Waals surface area (Å²) < 4.78 is 42.5. The predicted octanol–water partition coefficient (Wildman–Crippen LogP) is 2.92. The molecule has 1 heterocycles. The largest absolute Gasteiger partial charge is 0.451 e. The molecule has 19 heavy (non-hydrogen) atoms. The molecule has 9 heteroatoms. The van der Waals surface area contributed by atoms with E-state index in [2.05, 4.69) is 15.0 Å². The molecular formula is C10H6ClF3N4O. The average molecular weight is 291 g/mol. The quantitative estimate of drug-likeness (QED) is 0.920. The van der Waals surface area contributed by atoms with Gasteiger partial charge in [-0.15, -0.1) is 0 Å². The van der Waals surface area contributed by atoms with Crippen molar-refractivity contribution >= 4 is 17.5 Å². The van der Waals surface area contributed by atoms with E-state index in [0.717, 1.165) is 0 Å². The van der Waals surface area contributed by atoms with Gasteiger partial charge in [-0.2, -0.15) is 28.1 Å². The minimum atomic E-state index is -4.74. The van der Waals surface area contributed by atoms with Gasteiger partial charge in [0.25, 0.3) is 0 Å². The maximum atomic E-state index is 12.5. The molecule has 1 aromatic heterocycles. The van der Waals surface area contributed by atoms with Crippen molar-refractivity contribution in [1.29, 1.82) is 0 Å². The number of rotatable bonds is 2. The van der Waals surface area contributed by atoms with Crippen molar-refractivity contribution in [3.05, 3.63) is 35.1 Å². The van der Waals surface area contributed by atoms with Crippen molar-refractivity contribution in [3.63, 3.8) is 0 Å². The Bertz CT molecular complexity index is 606. The van der Waals surface area contributed by atoms with Crippen LogP contribution in [0.4, 0.5) is 19.1 Å². The van der Waals surface area contributed by atoms with Gasteiger partial charge in [0, 0.05) is 0 Å². The number of aromatic nitrogens is 3. The number of nitrogens with zero attached hydrogens (tertiary/aromatic N) is 3. The summed E-state index contributed by atoms with van der Waals surface area (Å²) in [6.07, 6.45) is -4.74. The molecule has 1 aromatic carbocycles. The number of anilines is 1. The Morgan fingerprint density at radius 3 is 2.42 bits per heavy atom. The second kappa shape index (κ2) is 4.88. The van der Waals surface area contributed by atoms with Crippen LogP contribution >= 0.6 is 11.6 Å². The Morgan fingerprint density at radius 1 is 1.11 bits per heavy atom. The van der Waals surface area contributed by atoms with Crippen LogP contribution in [0.3, 0.4) is 0 Å². The summed E-state index contributed by atoms with van der Waals surface area (Å²) in [7, 11) is 0. The van der Waals surface area contributed by atoms with E-state index in [4.69, 9.17) is 22.1 Å². The van der Waals surface area contributed by atoms with Crippen molar-refractivity contribution in [1.82, 2.24) is 15.0 Å². The van der Waals surface area contributed by atoms with Gasteiger partial charge in [-0.1, -0.05) is 23.7 Å². The molecule has 0 fully saturated rings. The molecule has 0 radical (unpaired) electrons. The molecule has 0 unspecified atom stereocenters. The van der Waals surface area contributed by atoms with Gasteiger partial charge >= 0.3 is 12.2 Å². The van der Waals surface area contributed by atoms with E-state index in [1.54, 1.807) is 12.1 Å². The number of ether oxygens (including phenoxy) is 1. The zero-order valence-electron chi connectivity index (χ0n) is 9.15. The van der Waals surface area contributed by atoms with Crippen LogP contribution in [0.1, 0.15) is 5.82 Å². The number of nitrogens with two attached hydrogens (primary N) is 1.